The molecule has 0 aliphatic carbocycles. The van der Waals surface area contributed by atoms with Gasteiger partial charge < -0.3 is 5.32 Å². The number of carbonyl (C=O) groups excluding carboxylic acids is 1. The molecular weight excluding hydrogens is 306 g/mol. The highest BCUT2D eigenvalue weighted by atomic mass is 79.9. The van der Waals surface area contributed by atoms with E-state index in [9.17, 15) is 4.79 Å². The summed E-state index contributed by atoms with van der Waals surface area (Å²) in [6.07, 6.45) is 1.58. The number of halogens is 1. The molecule has 1 aromatic carbocycles. The van der Waals surface area contributed by atoms with Gasteiger partial charge in [-0.3, -0.25) is 9.78 Å². The van der Waals surface area contributed by atoms with Crippen LogP contribution >= 0.6 is 15.9 Å². The molecule has 1 amide bonds. The van der Waals surface area contributed by atoms with Gasteiger partial charge in [-0.15, -0.1) is 0 Å². The predicted molar refractivity (Wildman–Crippen MR) is 75.8 cm³/mol. The number of hydrogen-bond donors (Lipinski definition) is 1. The summed E-state index contributed by atoms with van der Waals surface area (Å²) in [5.41, 5.74) is 2.18. The molecule has 19 heavy (non-hydrogen) atoms. The van der Waals surface area contributed by atoms with Crippen molar-refractivity contribution >= 4 is 27.5 Å². The standard InChI is InChI=1S/C14H10BrN3O/c1-9-6-10(4-5-17-9)14(19)18-13-7-12(15)3-2-11(13)8-16/h2-7H,1H3,(H,18,19). The van der Waals surface area contributed by atoms with Crippen LogP contribution in [0.5, 0.6) is 0 Å². The molecule has 0 radical (unpaired) electrons. The Labute approximate surface area is 119 Å². The average molecular weight is 316 g/mol. The SMILES string of the molecule is Cc1cc(C(=O)Nc2cc(Br)ccc2C#N)ccn1. The second kappa shape index (κ2) is 5.63. The molecule has 2 rings (SSSR count). The van der Waals surface area contributed by atoms with Gasteiger partial charge in [0.1, 0.15) is 6.07 Å². The molecule has 0 fully saturated rings. The van der Waals surface area contributed by atoms with E-state index in [4.69, 9.17) is 5.26 Å². The summed E-state index contributed by atoms with van der Waals surface area (Å²) in [4.78, 5) is 16.1. The number of benzene rings is 1. The number of anilines is 1. The summed E-state index contributed by atoms with van der Waals surface area (Å²) in [5.74, 6) is -0.264. The topological polar surface area (TPSA) is 65.8 Å². The minimum Gasteiger partial charge on any atom is -0.321 e. The van der Waals surface area contributed by atoms with Crippen molar-refractivity contribution in [3.05, 3.63) is 57.8 Å². The fourth-order valence-electron chi connectivity index (χ4n) is 1.60. The summed E-state index contributed by atoms with van der Waals surface area (Å²) in [7, 11) is 0. The van der Waals surface area contributed by atoms with Gasteiger partial charge in [0, 0.05) is 21.9 Å². The maximum absolute atomic E-state index is 12.1. The van der Waals surface area contributed by atoms with Crippen LogP contribution in [-0.4, -0.2) is 10.9 Å². The van der Waals surface area contributed by atoms with Gasteiger partial charge in [-0.1, -0.05) is 15.9 Å². The number of aromatic nitrogens is 1. The van der Waals surface area contributed by atoms with Crippen LogP contribution in [0.25, 0.3) is 0 Å². The Morgan fingerprint density at radius 3 is 2.84 bits per heavy atom. The molecule has 4 nitrogen and oxygen atoms in total. The number of amides is 1. The molecule has 0 atom stereocenters. The van der Waals surface area contributed by atoms with E-state index >= 15 is 0 Å². The lowest BCUT2D eigenvalue weighted by molar-refractivity contribution is 0.102. The van der Waals surface area contributed by atoms with Gasteiger partial charge in [-0.2, -0.15) is 5.26 Å². The Kier molecular flexibility index (Phi) is 3.93. The van der Waals surface area contributed by atoms with Crippen LogP contribution in [0.15, 0.2) is 41.0 Å². The number of nitrogens with zero attached hydrogens (tertiary/aromatic N) is 2. The second-order valence-corrected chi connectivity index (χ2v) is 4.86. The summed E-state index contributed by atoms with van der Waals surface area (Å²) in [6.45, 7) is 1.82. The molecule has 0 unspecified atom stereocenters. The summed E-state index contributed by atoms with van der Waals surface area (Å²) < 4.78 is 0.799. The smallest absolute Gasteiger partial charge is 0.255 e. The number of rotatable bonds is 2. The first-order chi connectivity index (χ1) is 9.10. The van der Waals surface area contributed by atoms with E-state index in [0.717, 1.165) is 10.2 Å². The quantitative estimate of drug-likeness (QED) is 0.924. The largest absolute Gasteiger partial charge is 0.321 e. The van der Waals surface area contributed by atoms with Gasteiger partial charge in [-0.05, 0) is 37.3 Å². The van der Waals surface area contributed by atoms with E-state index in [2.05, 4.69) is 26.2 Å². The number of hydrogen-bond acceptors (Lipinski definition) is 3. The molecule has 2 aromatic rings. The molecule has 5 heteroatoms. The molecule has 0 aliphatic heterocycles. The third-order valence-electron chi connectivity index (χ3n) is 2.51. The lowest BCUT2D eigenvalue weighted by atomic mass is 10.1. The molecule has 0 saturated carbocycles. The maximum Gasteiger partial charge on any atom is 0.255 e. The zero-order valence-corrected chi connectivity index (χ0v) is 11.7. The lowest BCUT2D eigenvalue weighted by Gasteiger charge is -2.07. The van der Waals surface area contributed by atoms with Crippen LogP contribution in [0.2, 0.25) is 0 Å². The third kappa shape index (κ3) is 3.18. The van der Waals surface area contributed by atoms with Crippen LogP contribution in [0.3, 0.4) is 0 Å². The minimum absolute atomic E-state index is 0.264. The van der Waals surface area contributed by atoms with E-state index in [0.29, 0.717) is 16.8 Å². The van der Waals surface area contributed by atoms with E-state index in [-0.39, 0.29) is 5.91 Å². The summed E-state index contributed by atoms with van der Waals surface area (Å²) in [6, 6.07) is 10.5. The van der Waals surface area contributed by atoms with Crippen molar-refractivity contribution in [1.29, 1.82) is 5.26 Å². The van der Waals surface area contributed by atoms with Gasteiger partial charge in [0.05, 0.1) is 11.3 Å². The molecule has 0 aliphatic rings. The van der Waals surface area contributed by atoms with Crippen molar-refractivity contribution in [1.82, 2.24) is 4.98 Å². The highest BCUT2D eigenvalue weighted by Gasteiger charge is 2.10. The fourth-order valence-corrected chi connectivity index (χ4v) is 1.96. The van der Waals surface area contributed by atoms with Gasteiger partial charge in [0.15, 0.2) is 0 Å². The Bertz CT molecular complexity index is 677. The number of carbonyl (C=O) groups is 1. The molecule has 1 aromatic heterocycles. The maximum atomic E-state index is 12.1. The second-order valence-electron chi connectivity index (χ2n) is 3.94. The third-order valence-corrected chi connectivity index (χ3v) is 3.00. The van der Waals surface area contributed by atoms with Crippen molar-refractivity contribution in [2.24, 2.45) is 0 Å². The molecule has 0 spiro atoms. The van der Waals surface area contributed by atoms with Crippen molar-refractivity contribution in [3.8, 4) is 6.07 Å². The van der Waals surface area contributed by atoms with Crippen molar-refractivity contribution in [3.63, 3.8) is 0 Å². The van der Waals surface area contributed by atoms with Crippen molar-refractivity contribution < 1.29 is 4.79 Å². The molecule has 94 valence electrons. The average Bonchev–Trinajstić information content (AvgIpc) is 2.39. The van der Waals surface area contributed by atoms with Crippen molar-refractivity contribution in [2.45, 2.75) is 6.92 Å². The highest BCUT2D eigenvalue weighted by Crippen LogP contribution is 2.21. The minimum atomic E-state index is -0.264. The van der Waals surface area contributed by atoms with Gasteiger partial charge >= 0.3 is 0 Å². The Morgan fingerprint density at radius 2 is 2.16 bits per heavy atom. The number of aryl methyl sites for hydroxylation is 1. The van der Waals surface area contributed by atoms with Gasteiger partial charge in [0.25, 0.3) is 5.91 Å². The Morgan fingerprint density at radius 1 is 1.37 bits per heavy atom. The lowest BCUT2D eigenvalue weighted by Crippen LogP contribution is -2.13. The first kappa shape index (κ1) is 13.2. The first-order valence-electron chi connectivity index (χ1n) is 5.54. The first-order valence-corrected chi connectivity index (χ1v) is 6.33. The summed E-state index contributed by atoms with van der Waals surface area (Å²) in [5, 5.41) is 11.7. The molecule has 1 heterocycles. The monoisotopic (exact) mass is 315 g/mol. The fraction of sp³-hybridized carbons (Fsp3) is 0.0714. The highest BCUT2D eigenvalue weighted by molar-refractivity contribution is 9.10. The van der Waals surface area contributed by atoms with E-state index < -0.39 is 0 Å². The van der Waals surface area contributed by atoms with Crippen LogP contribution < -0.4 is 5.32 Å². The predicted octanol–water partition coefficient (Wildman–Crippen LogP) is 3.28. The molecule has 0 saturated heterocycles. The van der Waals surface area contributed by atoms with Crippen LogP contribution in [0, 0.1) is 18.3 Å². The Hall–Kier alpha value is -2.19. The Balaban J connectivity index is 2.29. The van der Waals surface area contributed by atoms with Crippen LogP contribution in [0.1, 0.15) is 21.6 Å². The van der Waals surface area contributed by atoms with Gasteiger partial charge in [0.2, 0.25) is 0 Å². The molecule has 1 N–H and O–H groups in total. The van der Waals surface area contributed by atoms with E-state index in [1.807, 2.05) is 13.0 Å². The number of nitrogens with one attached hydrogen (secondary N) is 1. The van der Waals surface area contributed by atoms with E-state index in [1.54, 1.807) is 36.5 Å². The zero-order chi connectivity index (χ0) is 13.8. The number of nitriles is 1. The van der Waals surface area contributed by atoms with Crippen LogP contribution in [0.4, 0.5) is 5.69 Å². The van der Waals surface area contributed by atoms with Crippen molar-refractivity contribution in [2.75, 3.05) is 5.32 Å². The van der Waals surface area contributed by atoms with E-state index in [1.165, 1.54) is 0 Å². The molecular formula is C14H10BrN3O. The molecule has 0 bridgehead atoms. The summed E-state index contributed by atoms with van der Waals surface area (Å²) >= 11 is 3.31. The normalized spacial score (nSPS) is 9.74. The van der Waals surface area contributed by atoms with Gasteiger partial charge in [-0.25, -0.2) is 0 Å². The zero-order valence-electron chi connectivity index (χ0n) is 10.1. The van der Waals surface area contributed by atoms with Crippen LogP contribution in [-0.2, 0) is 0 Å². The number of pyridine rings is 1.